The summed E-state index contributed by atoms with van der Waals surface area (Å²) in [5.41, 5.74) is 0.949. The Morgan fingerprint density at radius 3 is 2.67 bits per heavy atom. The summed E-state index contributed by atoms with van der Waals surface area (Å²) in [4.78, 5) is 0. The van der Waals surface area contributed by atoms with Crippen LogP contribution in [0.25, 0.3) is 0 Å². The molecule has 0 bridgehead atoms. The van der Waals surface area contributed by atoms with Gasteiger partial charge < -0.3 is 15.4 Å². The number of unbranched alkanes of at least 4 members (excludes halogenated alkanes) is 1. The molecule has 0 aliphatic carbocycles. The number of benzene rings is 1. The maximum atomic E-state index is 13.6. The van der Waals surface area contributed by atoms with E-state index in [0.29, 0.717) is 18.9 Å². The van der Waals surface area contributed by atoms with Crippen molar-refractivity contribution in [2.45, 2.75) is 26.3 Å². The first-order valence-corrected chi connectivity index (χ1v) is 6.54. The van der Waals surface area contributed by atoms with E-state index in [1.54, 1.807) is 6.07 Å². The zero-order chi connectivity index (χ0) is 13.2. The van der Waals surface area contributed by atoms with Crippen molar-refractivity contribution in [2.24, 2.45) is 0 Å². The molecule has 0 spiro atoms. The summed E-state index contributed by atoms with van der Waals surface area (Å²) in [6.45, 7) is 5.03. The Bertz CT molecular complexity index is 345. The molecule has 0 saturated heterocycles. The lowest BCUT2D eigenvalue weighted by Gasteiger charge is -2.08. The van der Waals surface area contributed by atoms with Gasteiger partial charge in [0.05, 0.1) is 6.61 Å². The molecule has 4 heteroatoms. The van der Waals surface area contributed by atoms with Crippen molar-refractivity contribution in [2.75, 3.05) is 26.7 Å². The zero-order valence-electron chi connectivity index (χ0n) is 11.3. The first-order chi connectivity index (χ1) is 8.77. The first-order valence-electron chi connectivity index (χ1n) is 6.54. The quantitative estimate of drug-likeness (QED) is 0.663. The van der Waals surface area contributed by atoms with Crippen LogP contribution in [0.15, 0.2) is 18.2 Å². The van der Waals surface area contributed by atoms with Gasteiger partial charge in [0.2, 0.25) is 0 Å². The summed E-state index contributed by atoms with van der Waals surface area (Å²) < 4.78 is 18.7. The van der Waals surface area contributed by atoms with Crippen LogP contribution in [0.4, 0.5) is 4.39 Å². The third kappa shape index (κ3) is 5.47. The molecule has 0 aromatic heterocycles. The summed E-state index contributed by atoms with van der Waals surface area (Å²) in [7, 11) is 1.95. The lowest BCUT2D eigenvalue weighted by Crippen LogP contribution is -2.16. The maximum Gasteiger partial charge on any atom is 0.165 e. The van der Waals surface area contributed by atoms with Gasteiger partial charge in [0.25, 0.3) is 0 Å². The van der Waals surface area contributed by atoms with Gasteiger partial charge in [0, 0.05) is 6.54 Å². The molecule has 3 nitrogen and oxygen atoms in total. The highest BCUT2D eigenvalue weighted by atomic mass is 19.1. The molecule has 0 saturated carbocycles. The third-order valence-electron chi connectivity index (χ3n) is 2.66. The van der Waals surface area contributed by atoms with Crippen LogP contribution in [0, 0.1) is 5.82 Å². The van der Waals surface area contributed by atoms with Crippen molar-refractivity contribution >= 4 is 0 Å². The highest BCUT2D eigenvalue weighted by Crippen LogP contribution is 2.18. The molecule has 1 aromatic carbocycles. The normalized spacial score (nSPS) is 10.6. The molecule has 102 valence electrons. The standard InChI is InChI=1S/C14H23FN2O/c1-3-18-14-7-6-12(10-13(14)15)11-17-9-5-4-8-16-2/h6-7,10,16-17H,3-5,8-9,11H2,1-2H3. The molecule has 0 radical (unpaired) electrons. The second-order valence-electron chi connectivity index (χ2n) is 4.19. The highest BCUT2D eigenvalue weighted by Gasteiger charge is 2.03. The third-order valence-corrected chi connectivity index (χ3v) is 2.66. The zero-order valence-corrected chi connectivity index (χ0v) is 11.3. The monoisotopic (exact) mass is 254 g/mol. The van der Waals surface area contributed by atoms with Gasteiger partial charge in [-0.15, -0.1) is 0 Å². The molecule has 0 unspecified atom stereocenters. The van der Waals surface area contributed by atoms with Crippen LogP contribution in [0.2, 0.25) is 0 Å². The summed E-state index contributed by atoms with van der Waals surface area (Å²) in [5.74, 6) is 0.0432. The number of ether oxygens (including phenoxy) is 1. The number of nitrogens with one attached hydrogen (secondary N) is 2. The molecule has 1 rings (SSSR count). The van der Waals surface area contributed by atoms with E-state index in [1.807, 2.05) is 20.0 Å². The Morgan fingerprint density at radius 1 is 1.22 bits per heavy atom. The van der Waals surface area contributed by atoms with Gasteiger partial charge in [0.1, 0.15) is 0 Å². The van der Waals surface area contributed by atoms with Crippen molar-refractivity contribution < 1.29 is 9.13 Å². The van der Waals surface area contributed by atoms with E-state index in [1.165, 1.54) is 6.07 Å². The maximum absolute atomic E-state index is 13.6. The Hall–Kier alpha value is -1.13. The lowest BCUT2D eigenvalue weighted by molar-refractivity contribution is 0.321. The van der Waals surface area contributed by atoms with Crippen LogP contribution < -0.4 is 15.4 Å². The molecular formula is C14H23FN2O. The van der Waals surface area contributed by atoms with Crippen molar-refractivity contribution in [1.82, 2.24) is 10.6 Å². The van der Waals surface area contributed by atoms with Crippen LogP contribution >= 0.6 is 0 Å². The second kappa shape index (κ2) is 8.89. The Labute approximate surface area is 109 Å². The number of halogens is 1. The number of rotatable bonds is 9. The van der Waals surface area contributed by atoms with Gasteiger partial charge in [0.15, 0.2) is 11.6 Å². The van der Waals surface area contributed by atoms with Gasteiger partial charge in [-0.3, -0.25) is 0 Å². The fraction of sp³-hybridized carbons (Fsp3) is 0.571. The average molecular weight is 254 g/mol. The summed E-state index contributed by atoms with van der Waals surface area (Å²) in [6.07, 6.45) is 2.28. The second-order valence-corrected chi connectivity index (χ2v) is 4.19. The van der Waals surface area contributed by atoms with Gasteiger partial charge in [-0.1, -0.05) is 6.07 Å². The lowest BCUT2D eigenvalue weighted by atomic mass is 10.2. The summed E-state index contributed by atoms with van der Waals surface area (Å²) in [6, 6.07) is 5.12. The van der Waals surface area contributed by atoms with E-state index in [-0.39, 0.29) is 5.82 Å². The van der Waals surface area contributed by atoms with Crippen LogP contribution in [0.1, 0.15) is 25.3 Å². The molecule has 18 heavy (non-hydrogen) atoms. The molecule has 0 amide bonds. The van der Waals surface area contributed by atoms with Gasteiger partial charge in [-0.25, -0.2) is 4.39 Å². The summed E-state index contributed by atoms with van der Waals surface area (Å²) >= 11 is 0. The van der Waals surface area contributed by atoms with Crippen LogP contribution in [0.5, 0.6) is 5.75 Å². The smallest absolute Gasteiger partial charge is 0.165 e. The number of hydrogen-bond acceptors (Lipinski definition) is 3. The Morgan fingerprint density at radius 2 is 2.00 bits per heavy atom. The van der Waals surface area contributed by atoms with Gasteiger partial charge >= 0.3 is 0 Å². The number of hydrogen-bond donors (Lipinski definition) is 2. The van der Waals surface area contributed by atoms with Crippen molar-refractivity contribution in [3.05, 3.63) is 29.6 Å². The minimum Gasteiger partial charge on any atom is -0.491 e. The molecule has 0 aliphatic heterocycles. The van der Waals surface area contributed by atoms with Crippen molar-refractivity contribution in [3.63, 3.8) is 0 Å². The fourth-order valence-electron chi connectivity index (χ4n) is 1.71. The van der Waals surface area contributed by atoms with E-state index in [9.17, 15) is 4.39 Å². The van der Waals surface area contributed by atoms with Crippen molar-refractivity contribution in [1.29, 1.82) is 0 Å². The minimum atomic E-state index is -0.286. The van der Waals surface area contributed by atoms with Crippen LogP contribution in [-0.4, -0.2) is 26.7 Å². The van der Waals surface area contributed by atoms with E-state index in [4.69, 9.17) is 4.74 Å². The van der Waals surface area contributed by atoms with Crippen LogP contribution in [0.3, 0.4) is 0 Å². The molecule has 0 aliphatic rings. The van der Waals surface area contributed by atoms with E-state index in [0.717, 1.165) is 31.5 Å². The van der Waals surface area contributed by atoms with Gasteiger partial charge in [-0.05, 0) is 57.6 Å². The summed E-state index contributed by atoms with van der Waals surface area (Å²) in [5, 5.41) is 6.41. The Balaban J connectivity index is 2.28. The largest absolute Gasteiger partial charge is 0.491 e. The van der Waals surface area contributed by atoms with E-state index < -0.39 is 0 Å². The van der Waals surface area contributed by atoms with E-state index >= 15 is 0 Å². The van der Waals surface area contributed by atoms with Gasteiger partial charge in [-0.2, -0.15) is 0 Å². The molecule has 1 aromatic rings. The molecule has 2 N–H and O–H groups in total. The molecule has 0 heterocycles. The predicted octanol–water partition coefficient (Wildman–Crippen LogP) is 2.31. The molecule has 0 fully saturated rings. The van der Waals surface area contributed by atoms with Crippen molar-refractivity contribution in [3.8, 4) is 5.75 Å². The van der Waals surface area contributed by atoms with Crippen LogP contribution in [-0.2, 0) is 6.54 Å². The minimum absolute atomic E-state index is 0.286. The topological polar surface area (TPSA) is 33.3 Å². The molecule has 0 atom stereocenters. The highest BCUT2D eigenvalue weighted by molar-refractivity contribution is 5.29. The predicted molar refractivity (Wildman–Crippen MR) is 72.4 cm³/mol. The molecular weight excluding hydrogens is 231 g/mol. The average Bonchev–Trinajstić information content (AvgIpc) is 2.37. The SMILES string of the molecule is CCOc1ccc(CNCCCCNC)cc1F. The Kier molecular flexibility index (Phi) is 7.37. The first kappa shape index (κ1) is 14.9. The van der Waals surface area contributed by atoms with E-state index in [2.05, 4.69) is 10.6 Å². The fourth-order valence-corrected chi connectivity index (χ4v) is 1.71.